The topological polar surface area (TPSA) is 105 Å². The molecule has 0 bridgehead atoms. The quantitative estimate of drug-likeness (QED) is 0.661. The van der Waals surface area contributed by atoms with Crippen molar-refractivity contribution in [2.24, 2.45) is 5.73 Å². The molecule has 3 amide bonds. The Morgan fingerprint density at radius 1 is 1.06 bits per heavy atom. The summed E-state index contributed by atoms with van der Waals surface area (Å²) < 4.78 is 5.52. The van der Waals surface area contributed by atoms with Gasteiger partial charge in [-0.2, -0.15) is 0 Å². The molecule has 0 unspecified atom stereocenters. The van der Waals surface area contributed by atoms with Crippen LogP contribution in [0.1, 0.15) is 21.5 Å². The summed E-state index contributed by atoms with van der Waals surface area (Å²) in [7, 11) is 0. The first-order valence-corrected chi connectivity index (χ1v) is 10.7. The molecule has 0 aliphatic carbocycles. The van der Waals surface area contributed by atoms with Gasteiger partial charge in [0.15, 0.2) is 6.61 Å². The lowest BCUT2D eigenvalue weighted by molar-refractivity contribution is -0.135. The highest BCUT2D eigenvalue weighted by Crippen LogP contribution is 2.23. The van der Waals surface area contributed by atoms with Crippen LogP contribution >= 0.6 is 11.6 Å². The van der Waals surface area contributed by atoms with Crippen LogP contribution in [0, 0.1) is 13.8 Å². The predicted octanol–water partition coefficient (Wildman–Crippen LogP) is 2.22. The Kier molecular flexibility index (Phi) is 7.71. The molecule has 0 radical (unpaired) electrons. The molecule has 0 saturated carbocycles. The first-order valence-electron chi connectivity index (χ1n) is 10.3. The summed E-state index contributed by atoms with van der Waals surface area (Å²) in [5, 5.41) is 3.34. The minimum absolute atomic E-state index is 0.0766. The molecule has 1 aliphatic rings. The first kappa shape index (κ1) is 23.6. The zero-order valence-corrected chi connectivity index (χ0v) is 18.9. The van der Waals surface area contributed by atoms with Gasteiger partial charge in [-0.15, -0.1) is 0 Å². The number of amides is 3. The number of para-hydroxylation sites is 1. The van der Waals surface area contributed by atoms with Crippen LogP contribution in [0.4, 0.5) is 5.69 Å². The van der Waals surface area contributed by atoms with Crippen LogP contribution in [-0.4, -0.2) is 66.9 Å². The summed E-state index contributed by atoms with van der Waals surface area (Å²) in [6.07, 6.45) is 0. The molecular weight excluding hydrogens is 432 g/mol. The summed E-state index contributed by atoms with van der Waals surface area (Å²) in [5.41, 5.74) is 8.36. The number of nitrogens with one attached hydrogen (secondary N) is 1. The van der Waals surface area contributed by atoms with E-state index in [1.807, 2.05) is 36.9 Å². The third-order valence-electron chi connectivity index (χ3n) is 5.40. The fraction of sp³-hybridized carbons (Fsp3) is 0.348. The number of nitrogens with zero attached hydrogens (tertiary/aromatic N) is 2. The summed E-state index contributed by atoms with van der Waals surface area (Å²) in [4.78, 5) is 40.2. The van der Waals surface area contributed by atoms with Gasteiger partial charge in [0.1, 0.15) is 5.75 Å². The van der Waals surface area contributed by atoms with Gasteiger partial charge in [0.05, 0.1) is 12.1 Å². The van der Waals surface area contributed by atoms with Crippen LogP contribution in [0.5, 0.6) is 5.75 Å². The second-order valence-corrected chi connectivity index (χ2v) is 8.20. The predicted molar refractivity (Wildman–Crippen MR) is 123 cm³/mol. The van der Waals surface area contributed by atoms with E-state index in [0.29, 0.717) is 31.2 Å². The number of halogens is 1. The highest BCUT2D eigenvalue weighted by Gasteiger charge is 2.23. The maximum Gasteiger partial charge on any atom is 0.260 e. The Labute approximate surface area is 192 Å². The van der Waals surface area contributed by atoms with Crippen LogP contribution < -0.4 is 15.8 Å². The van der Waals surface area contributed by atoms with Crippen molar-refractivity contribution in [1.29, 1.82) is 0 Å². The van der Waals surface area contributed by atoms with E-state index in [4.69, 9.17) is 22.1 Å². The van der Waals surface area contributed by atoms with E-state index in [9.17, 15) is 14.4 Å². The SMILES string of the molecule is Cc1cccc(C)c1NC(=O)CN1CCN(C(=O)COc2ccc(Cl)cc2C(N)=O)CC1. The van der Waals surface area contributed by atoms with Gasteiger partial charge in [-0.25, -0.2) is 0 Å². The second-order valence-electron chi connectivity index (χ2n) is 7.77. The Balaban J connectivity index is 1.47. The molecule has 9 heteroatoms. The van der Waals surface area contributed by atoms with Crippen LogP contribution in [0.3, 0.4) is 0 Å². The number of hydrogen-bond acceptors (Lipinski definition) is 5. The van der Waals surface area contributed by atoms with Crippen LogP contribution in [0.25, 0.3) is 0 Å². The molecule has 3 N–H and O–H groups in total. The lowest BCUT2D eigenvalue weighted by Gasteiger charge is -2.34. The first-order chi connectivity index (χ1) is 15.2. The van der Waals surface area contributed by atoms with Gasteiger partial charge in [-0.3, -0.25) is 19.3 Å². The van der Waals surface area contributed by atoms with Crippen molar-refractivity contribution in [3.8, 4) is 5.75 Å². The molecule has 2 aromatic rings. The molecule has 0 atom stereocenters. The monoisotopic (exact) mass is 458 g/mol. The molecule has 0 spiro atoms. The van der Waals surface area contributed by atoms with Gasteiger partial charge in [0.25, 0.3) is 11.8 Å². The van der Waals surface area contributed by atoms with E-state index >= 15 is 0 Å². The van der Waals surface area contributed by atoms with Crippen LogP contribution in [0.15, 0.2) is 36.4 Å². The number of aryl methyl sites for hydroxylation is 2. The van der Waals surface area contributed by atoms with Crippen molar-refractivity contribution in [3.05, 3.63) is 58.1 Å². The molecular formula is C23H27ClN4O4. The summed E-state index contributed by atoms with van der Waals surface area (Å²) in [6.45, 7) is 6.12. The third-order valence-corrected chi connectivity index (χ3v) is 5.63. The van der Waals surface area contributed by atoms with Crippen molar-refractivity contribution in [1.82, 2.24) is 9.80 Å². The molecule has 3 rings (SSSR count). The summed E-state index contributed by atoms with van der Waals surface area (Å²) in [5.74, 6) is -0.734. The standard InChI is InChI=1S/C23H27ClN4O4/c1-15-4-3-5-16(2)22(15)26-20(29)13-27-8-10-28(11-9-27)21(30)14-32-19-7-6-17(24)12-18(19)23(25)31/h3-7,12H,8-11,13-14H2,1-2H3,(H2,25,31)(H,26,29). The highest BCUT2D eigenvalue weighted by molar-refractivity contribution is 6.31. The van der Waals surface area contributed by atoms with E-state index < -0.39 is 5.91 Å². The molecule has 32 heavy (non-hydrogen) atoms. The Bertz CT molecular complexity index is 999. The third kappa shape index (κ3) is 5.99. The zero-order chi connectivity index (χ0) is 23.3. The number of primary amides is 1. The molecule has 1 aliphatic heterocycles. The Hall–Kier alpha value is -3.10. The minimum atomic E-state index is -0.678. The van der Waals surface area contributed by atoms with E-state index in [0.717, 1.165) is 16.8 Å². The minimum Gasteiger partial charge on any atom is -0.483 e. The van der Waals surface area contributed by atoms with E-state index in [1.54, 1.807) is 11.0 Å². The highest BCUT2D eigenvalue weighted by atomic mass is 35.5. The second kappa shape index (κ2) is 10.5. The normalized spacial score (nSPS) is 14.2. The van der Waals surface area contributed by atoms with E-state index in [1.165, 1.54) is 12.1 Å². The number of benzene rings is 2. The van der Waals surface area contributed by atoms with Crippen LogP contribution in [0.2, 0.25) is 5.02 Å². The molecule has 1 heterocycles. The largest absolute Gasteiger partial charge is 0.483 e. The lowest BCUT2D eigenvalue weighted by Crippen LogP contribution is -2.51. The number of hydrogen-bond donors (Lipinski definition) is 2. The maximum atomic E-state index is 12.5. The summed E-state index contributed by atoms with van der Waals surface area (Å²) >= 11 is 5.88. The van der Waals surface area contributed by atoms with E-state index in [2.05, 4.69) is 5.32 Å². The maximum absolute atomic E-state index is 12.5. The van der Waals surface area contributed by atoms with Gasteiger partial charge in [0, 0.05) is 36.9 Å². The van der Waals surface area contributed by atoms with E-state index in [-0.39, 0.29) is 36.3 Å². The number of piperazine rings is 1. The van der Waals surface area contributed by atoms with Crippen molar-refractivity contribution in [2.45, 2.75) is 13.8 Å². The van der Waals surface area contributed by atoms with Crippen molar-refractivity contribution in [2.75, 3.05) is 44.6 Å². The summed E-state index contributed by atoms with van der Waals surface area (Å²) in [6, 6.07) is 10.4. The average molecular weight is 459 g/mol. The van der Waals surface area contributed by atoms with Gasteiger partial charge in [-0.05, 0) is 43.2 Å². The van der Waals surface area contributed by atoms with Crippen LogP contribution in [-0.2, 0) is 9.59 Å². The number of carbonyl (C=O) groups excluding carboxylic acids is 3. The zero-order valence-electron chi connectivity index (χ0n) is 18.2. The smallest absolute Gasteiger partial charge is 0.260 e. The fourth-order valence-electron chi connectivity index (χ4n) is 3.60. The molecule has 0 aromatic heterocycles. The number of rotatable bonds is 7. The average Bonchev–Trinajstić information content (AvgIpc) is 2.75. The number of nitrogens with two attached hydrogens (primary N) is 1. The Morgan fingerprint density at radius 3 is 2.34 bits per heavy atom. The van der Waals surface area contributed by atoms with Gasteiger partial charge in [0.2, 0.25) is 5.91 Å². The lowest BCUT2D eigenvalue weighted by atomic mass is 10.1. The molecule has 170 valence electrons. The number of carbonyl (C=O) groups is 3. The van der Waals surface area contributed by atoms with Gasteiger partial charge in [-0.1, -0.05) is 29.8 Å². The molecule has 8 nitrogen and oxygen atoms in total. The van der Waals surface area contributed by atoms with Crippen molar-refractivity contribution >= 4 is 35.0 Å². The Morgan fingerprint density at radius 2 is 1.72 bits per heavy atom. The van der Waals surface area contributed by atoms with Crippen molar-refractivity contribution < 1.29 is 19.1 Å². The molecule has 1 fully saturated rings. The van der Waals surface area contributed by atoms with Gasteiger partial charge < -0.3 is 20.7 Å². The van der Waals surface area contributed by atoms with Crippen molar-refractivity contribution in [3.63, 3.8) is 0 Å². The number of anilines is 1. The molecule has 2 aromatic carbocycles. The molecule has 1 saturated heterocycles. The van der Waals surface area contributed by atoms with Gasteiger partial charge >= 0.3 is 0 Å². The fourth-order valence-corrected chi connectivity index (χ4v) is 3.77. The number of ether oxygens (including phenoxy) is 1.